The second kappa shape index (κ2) is 6.16. The quantitative estimate of drug-likeness (QED) is 0.554. The summed E-state index contributed by atoms with van der Waals surface area (Å²) in [4.78, 5) is 24.1. The molecule has 0 saturated heterocycles. The van der Waals surface area contributed by atoms with E-state index in [1.807, 2.05) is 19.1 Å². The minimum Gasteiger partial charge on any atom is -0.399 e. The standard InChI is InChI=1S/C18H18N4O2/c1-11-2-4-12(5-3-11)18(24)17-14-7-6-13(19)10-15(14)21-22(17)9-8-16(20)23/h2-7,10H,8-9,19H2,1H3,(H2,20,23). The van der Waals surface area contributed by atoms with Gasteiger partial charge >= 0.3 is 0 Å². The molecule has 0 saturated carbocycles. The maximum atomic E-state index is 13.0. The zero-order valence-electron chi connectivity index (χ0n) is 13.3. The Morgan fingerprint density at radius 3 is 2.50 bits per heavy atom. The van der Waals surface area contributed by atoms with Gasteiger partial charge in [0.1, 0.15) is 5.69 Å². The van der Waals surface area contributed by atoms with Crippen LogP contribution < -0.4 is 11.5 Å². The van der Waals surface area contributed by atoms with Crippen molar-refractivity contribution in [1.29, 1.82) is 0 Å². The Balaban J connectivity index is 2.12. The van der Waals surface area contributed by atoms with Crippen molar-refractivity contribution in [3.05, 3.63) is 59.3 Å². The normalized spacial score (nSPS) is 10.9. The zero-order valence-corrected chi connectivity index (χ0v) is 13.3. The number of ketones is 1. The fraction of sp³-hybridized carbons (Fsp3) is 0.167. The van der Waals surface area contributed by atoms with Crippen LogP contribution in [-0.2, 0) is 11.3 Å². The van der Waals surface area contributed by atoms with Gasteiger partial charge in [0.15, 0.2) is 0 Å². The summed E-state index contributed by atoms with van der Waals surface area (Å²) in [7, 11) is 0. The molecule has 4 N–H and O–H groups in total. The Bertz CT molecular complexity index is 926. The van der Waals surface area contributed by atoms with Crippen molar-refractivity contribution in [2.75, 3.05) is 5.73 Å². The van der Waals surface area contributed by atoms with Crippen LogP contribution >= 0.6 is 0 Å². The summed E-state index contributed by atoms with van der Waals surface area (Å²) in [5.74, 6) is -0.588. The van der Waals surface area contributed by atoms with E-state index in [2.05, 4.69) is 5.10 Å². The monoisotopic (exact) mass is 322 g/mol. The molecule has 0 fully saturated rings. The summed E-state index contributed by atoms with van der Waals surface area (Å²) in [5.41, 5.74) is 14.3. The summed E-state index contributed by atoms with van der Waals surface area (Å²) in [6.07, 6.45) is 0.109. The molecule has 0 unspecified atom stereocenters. The highest BCUT2D eigenvalue weighted by Crippen LogP contribution is 2.24. The predicted octanol–water partition coefficient (Wildman–Crippen LogP) is 2.03. The molecule has 3 aromatic rings. The molecule has 24 heavy (non-hydrogen) atoms. The summed E-state index contributed by atoms with van der Waals surface area (Å²) in [6, 6.07) is 12.6. The molecule has 3 rings (SSSR count). The van der Waals surface area contributed by atoms with E-state index in [4.69, 9.17) is 11.5 Å². The fourth-order valence-corrected chi connectivity index (χ4v) is 2.61. The first-order valence-electron chi connectivity index (χ1n) is 7.61. The molecule has 1 aromatic heterocycles. The minimum atomic E-state index is -0.442. The van der Waals surface area contributed by atoms with Crippen molar-refractivity contribution >= 4 is 28.3 Å². The number of nitrogen functional groups attached to an aromatic ring is 1. The SMILES string of the molecule is Cc1ccc(C(=O)c2c3ccc(N)cc3nn2CCC(N)=O)cc1. The minimum absolute atomic E-state index is 0.109. The summed E-state index contributed by atoms with van der Waals surface area (Å²) in [5, 5.41) is 5.13. The van der Waals surface area contributed by atoms with Gasteiger partial charge in [0.2, 0.25) is 11.7 Å². The largest absolute Gasteiger partial charge is 0.399 e. The Hall–Kier alpha value is -3.15. The summed E-state index contributed by atoms with van der Waals surface area (Å²) in [6.45, 7) is 2.21. The third kappa shape index (κ3) is 2.99. The maximum absolute atomic E-state index is 13.0. The molecule has 1 amide bonds. The topological polar surface area (TPSA) is 104 Å². The highest BCUT2D eigenvalue weighted by Gasteiger charge is 2.20. The van der Waals surface area contributed by atoms with Crippen molar-refractivity contribution in [3.8, 4) is 0 Å². The van der Waals surface area contributed by atoms with Gasteiger partial charge in [0.25, 0.3) is 0 Å². The smallest absolute Gasteiger partial charge is 0.219 e. The molecule has 122 valence electrons. The molecule has 0 radical (unpaired) electrons. The van der Waals surface area contributed by atoms with E-state index in [0.29, 0.717) is 27.8 Å². The van der Waals surface area contributed by atoms with Crippen LogP contribution in [0.25, 0.3) is 10.9 Å². The second-order valence-electron chi connectivity index (χ2n) is 5.76. The predicted molar refractivity (Wildman–Crippen MR) is 92.6 cm³/mol. The number of hydrogen-bond donors (Lipinski definition) is 2. The van der Waals surface area contributed by atoms with Gasteiger partial charge in [-0.2, -0.15) is 5.10 Å². The van der Waals surface area contributed by atoms with Crippen LogP contribution in [0.3, 0.4) is 0 Å². The van der Waals surface area contributed by atoms with Crippen molar-refractivity contribution in [1.82, 2.24) is 9.78 Å². The van der Waals surface area contributed by atoms with Gasteiger partial charge in [-0.05, 0) is 25.1 Å². The molecule has 0 aliphatic rings. The van der Waals surface area contributed by atoms with Gasteiger partial charge < -0.3 is 11.5 Å². The maximum Gasteiger partial charge on any atom is 0.219 e. The number of carbonyl (C=O) groups excluding carboxylic acids is 2. The lowest BCUT2D eigenvalue weighted by atomic mass is 10.0. The lowest BCUT2D eigenvalue weighted by Crippen LogP contribution is -2.18. The van der Waals surface area contributed by atoms with E-state index >= 15 is 0 Å². The highest BCUT2D eigenvalue weighted by molar-refractivity contribution is 6.15. The van der Waals surface area contributed by atoms with E-state index in [0.717, 1.165) is 5.56 Å². The Kier molecular flexibility index (Phi) is 4.04. The first-order chi connectivity index (χ1) is 11.5. The number of hydrogen-bond acceptors (Lipinski definition) is 4. The van der Waals surface area contributed by atoms with Crippen molar-refractivity contribution in [2.45, 2.75) is 19.9 Å². The Morgan fingerprint density at radius 1 is 1.12 bits per heavy atom. The molecule has 0 atom stereocenters. The van der Waals surface area contributed by atoms with Crippen LogP contribution in [0.2, 0.25) is 0 Å². The molecule has 0 bridgehead atoms. The molecule has 6 heteroatoms. The van der Waals surface area contributed by atoms with E-state index < -0.39 is 5.91 Å². The Morgan fingerprint density at radius 2 is 1.83 bits per heavy atom. The lowest BCUT2D eigenvalue weighted by molar-refractivity contribution is -0.118. The number of aryl methyl sites for hydroxylation is 2. The van der Waals surface area contributed by atoms with E-state index in [-0.39, 0.29) is 18.7 Å². The van der Waals surface area contributed by atoms with Crippen LogP contribution in [0, 0.1) is 6.92 Å². The molecular weight excluding hydrogens is 304 g/mol. The average Bonchev–Trinajstić information content (AvgIpc) is 2.90. The van der Waals surface area contributed by atoms with Gasteiger partial charge in [-0.3, -0.25) is 14.3 Å². The number of amides is 1. The number of nitrogens with zero attached hydrogens (tertiary/aromatic N) is 2. The number of benzene rings is 2. The molecule has 1 heterocycles. The lowest BCUT2D eigenvalue weighted by Gasteiger charge is -2.06. The second-order valence-corrected chi connectivity index (χ2v) is 5.76. The third-order valence-electron chi connectivity index (χ3n) is 3.86. The summed E-state index contributed by atoms with van der Waals surface area (Å²) < 4.78 is 1.54. The third-order valence-corrected chi connectivity index (χ3v) is 3.86. The number of rotatable bonds is 5. The van der Waals surface area contributed by atoms with E-state index in [1.54, 1.807) is 30.3 Å². The Labute approximate surface area is 139 Å². The van der Waals surface area contributed by atoms with Crippen molar-refractivity contribution in [2.24, 2.45) is 5.73 Å². The summed E-state index contributed by atoms with van der Waals surface area (Å²) >= 11 is 0. The van der Waals surface area contributed by atoms with E-state index in [9.17, 15) is 9.59 Å². The highest BCUT2D eigenvalue weighted by atomic mass is 16.1. The number of anilines is 1. The number of fused-ring (bicyclic) bond motifs is 1. The number of primary amides is 1. The van der Waals surface area contributed by atoms with Crippen LogP contribution in [0.5, 0.6) is 0 Å². The first-order valence-corrected chi connectivity index (χ1v) is 7.61. The van der Waals surface area contributed by atoms with Crippen LogP contribution in [-0.4, -0.2) is 21.5 Å². The number of nitrogens with two attached hydrogens (primary N) is 2. The molecule has 2 aromatic carbocycles. The van der Waals surface area contributed by atoms with Gasteiger partial charge in [0.05, 0.1) is 12.1 Å². The van der Waals surface area contributed by atoms with Gasteiger partial charge in [-0.1, -0.05) is 29.8 Å². The van der Waals surface area contributed by atoms with Crippen LogP contribution in [0.4, 0.5) is 5.69 Å². The molecule has 0 aliphatic carbocycles. The first kappa shape index (κ1) is 15.7. The molecular formula is C18H18N4O2. The molecule has 0 spiro atoms. The van der Waals surface area contributed by atoms with Crippen molar-refractivity contribution in [3.63, 3.8) is 0 Å². The molecule has 0 aliphatic heterocycles. The number of carbonyl (C=O) groups is 2. The average molecular weight is 322 g/mol. The fourth-order valence-electron chi connectivity index (χ4n) is 2.61. The van der Waals surface area contributed by atoms with Crippen LogP contribution in [0.1, 0.15) is 28.0 Å². The van der Waals surface area contributed by atoms with Gasteiger partial charge in [-0.25, -0.2) is 0 Å². The molecule has 6 nitrogen and oxygen atoms in total. The number of aromatic nitrogens is 2. The van der Waals surface area contributed by atoms with Crippen molar-refractivity contribution < 1.29 is 9.59 Å². The van der Waals surface area contributed by atoms with Gasteiger partial charge in [-0.15, -0.1) is 0 Å². The zero-order chi connectivity index (χ0) is 17.3. The van der Waals surface area contributed by atoms with Gasteiger partial charge in [0, 0.05) is 23.1 Å². The van der Waals surface area contributed by atoms with E-state index in [1.165, 1.54) is 4.68 Å². The van der Waals surface area contributed by atoms with Crippen LogP contribution in [0.15, 0.2) is 42.5 Å².